The normalized spacial score (nSPS) is 17.3. The number of aromatic hydroxyl groups is 1. The van der Waals surface area contributed by atoms with Gasteiger partial charge in [0.1, 0.15) is 23.1 Å². The SMILES string of the molecule is N#CC1=C(N)Oc2cc(O)ccc2C1c1ccc(Br)s1. The highest BCUT2D eigenvalue weighted by atomic mass is 79.9. The van der Waals surface area contributed by atoms with Crippen molar-refractivity contribution in [2.75, 3.05) is 0 Å². The number of thiophene rings is 1. The van der Waals surface area contributed by atoms with E-state index in [9.17, 15) is 10.4 Å². The van der Waals surface area contributed by atoms with E-state index >= 15 is 0 Å². The maximum atomic E-state index is 9.55. The predicted molar refractivity (Wildman–Crippen MR) is 79.4 cm³/mol. The van der Waals surface area contributed by atoms with Crippen molar-refractivity contribution >= 4 is 27.3 Å². The van der Waals surface area contributed by atoms with Crippen LogP contribution in [-0.2, 0) is 0 Å². The summed E-state index contributed by atoms with van der Waals surface area (Å²) >= 11 is 4.97. The first-order valence-corrected chi connectivity index (χ1v) is 7.37. The fourth-order valence-electron chi connectivity index (χ4n) is 2.22. The summed E-state index contributed by atoms with van der Waals surface area (Å²) in [6.45, 7) is 0. The predicted octanol–water partition coefficient (Wildman–Crippen LogP) is 3.43. The van der Waals surface area contributed by atoms with Gasteiger partial charge in [-0.2, -0.15) is 5.26 Å². The van der Waals surface area contributed by atoms with Gasteiger partial charge in [0.25, 0.3) is 0 Å². The van der Waals surface area contributed by atoms with Crippen LogP contribution in [-0.4, -0.2) is 5.11 Å². The molecule has 1 aliphatic rings. The van der Waals surface area contributed by atoms with Crippen molar-refractivity contribution in [3.05, 3.63) is 56.0 Å². The topological polar surface area (TPSA) is 79.3 Å². The summed E-state index contributed by atoms with van der Waals surface area (Å²) in [6.07, 6.45) is 0. The van der Waals surface area contributed by atoms with Gasteiger partial charge in [-0.1, -0.05) is 6.07 Å². The zero-order valence-corrected chi connectivity index (χ0v) is 12.5. The zero-order valence-electron chi connectivity index (χ0n) is 10.1. The highest BCUT2D eigenvalue weighted by molar-refractivity contribution is 9.11. The van der Waals surface area contributed by atoms with Gasteiger partial charge in [-0.15, -0.1) is 11.3 Å². The fraction of sp³-hybridized carbons (Fsp3) is 0.0714. The van der Waals surface area contributed by atoms with Gasteiger partial charge in [0.05, 0.1) is 9.70 Å². The van der Waals surface area contributed by atoms with Gasteiger partial charge in [-0.05, 0) is 34.1 Å². The Morgan fingerprint density at radius 1 is 1.35 bits per heavy atom. The van der Waals surface area contributed by atoms with Crippen LogP contribution in [0.1, 0.15) is 16.4 Å². The lowest BCUT2D eigenvalue weighted by molar-refractivity contribution is 0.388. The largest absolute Gasteiger partial charge is 0.508 e. The molecule has 0 saturated carbocycles. The van der Waals surface area contributed by atoms with Gasteiger partial charge in [-0.3, -0.25) is 0 Å². The quantitative estimate of drug-likeness (QED) is 0.827. The van der Waals surface area contributed by atoms with Crippen molar-refractivity contribution in [3.63, 3.8) is 0 Å². The fourth-order valence-corrected chi connectivity index (χ4v) is 3.77. The molecule has 1 atom stereocenters. The molecule has 2 aromatic rings. The maximum absolute atomic E-state index is 9.55. The molecule has 1 unspecified atom stereocenters. The maximum Gasteiger partial charge on any atom is 0.205 e. The van der Waals surface area contributed by atoms with Crippen LogP contribution in [0, 0.1) is 11.3 Å². The molecule has 0 aliphatic carbocycles. The Hall–Kier alpha value is -1.97. The third-order valence-corrected chi connectivity index (χ3v) is 4.77. The lowest BCUT2D eigenvalue weighted by Gasteiger charge is -2.25. The molecule has 1 aromatic carbocycles. The molecule has 0 radical (unpaired) electrons. The van der Waals surface area contributed by atoms with Gasteiger partial charge < -0.3 is 15.6 Å². The smallest absolute Gasteiger partial charge is 0.205 e. The Kier molecular flexibility index (Phi) is 3.16. The minimum Gasteiger partial charge on any atom is -0.508 e. The Morgan fingerprint density at radius 3 is 2.80 bits per heavy atom. The third kappa shape index (κ3) is 2.05. The standard InChI is InChI=1S/C14H9BrN2O2S/c15-12-4-3-11(20-12)13-8-2-1-7(18)5-10(8)19-14(17)9(13)6-16/h1-5,13,18H,17H2. The van der Waals surface area contributed by atoms with Crippen LogP contribution in [0.5, 0.6) is 11.5 Å². The van der Waals surface area contributed by atoms with E-state index in [0.717, 1.165) is 14.2 Å². The highest BCUT2D eigenvalue weighted by Gasteiger charge is 2.31. The van der Waals surface area contributed by atoms with Crippen LogP contribution in [0.25, 0.3) is 0 Å². The molecular formula is C14H9BrN2O2S. The Labute approximate surface area is 127 Å². The van der Waals surface area contributed by atoms with Crippen molar-refractivity contribution in [3.8, 4) is 17.6 Å². The minimum atomic E-state index is -0.263. The molecule has 0 amide bonds. The molecule has 100 valence electrons. The number of rotatable bonds is 1. The summed E-state index contributed by atoms with van der Waals surface area (Å²) < 4.78 is 6.42. The number of nitrogens with zero attached hydrogens (tertiary/aromatic N) is 1. The molecule has 4 nitrogen and oxygen atoms in total. The second kappa shape index (κ2) is 4.85. The molecule has 3 N–H and O–H groups in total. The van der Waals surface area contributed by atoms with Crippen LogP contribution in [0.3, 0.4) is 0 Å². The molecule has 1 aromatic heterocycles. The Morgan fingerprint density at radius 2 is 2.15 bits per heavy atom. The number of phenols is 1. The first kappa shape index (κ1) is 13.0. The molecule has 0 saturated heterocycles. The Bertz CT molecular complexity index is 761. The molecule has 1 aliphatic heterocycles. The van der Waals surface area contributed by atoms with Gasteiger partial charge in [0.15, 0.2) is 0 Å². The average Bonchev–Trinajstić information content (AvgIpc) is 2.83. The summed E-state index contributed by atoms with van der Waals surface area (Å²) in [7, 11) is 0. The molecule has 6 heteroatoms. The van der Waals surface area contributed by atoms with Crippen molar-refractivity contribution < 1.29 is 9.84 Å². The second-order valence-electron chi connectivity index (χ2n) is 4.29. The van der Waals surface area contributed by atoms with Crippen LogP contribution in [0.2, 0.25) is 0 Å². The van der Waals surface area contributed by atoms with Crippen molar-refractivity contribution in [1.29, 1.82) is 5.26 Å². The monoisotopic (exact) mass is 348 g/mol. The molecular weight excluding hydrogens is 340 g/mol. The van der Waals surface area contributed by atoms with Crippen molar-refractivity contribution in [1.82, 2.24) is 0 Å². The Balaban J connectivity index is 2.22. The zero-order chi connectivity index (χ0) is 14.3. The summed E-state index contributed by atoms with van der Waals surface area (Å²) in [6, 6.07) is 10.8. The minimum absolute atomic E-state index is 0.0834. The summed E-state index contributed by atoms with van der Waals surface area (Å²) in [5.74, 6) is 0.403. The molecule has 20 heavy (non-hydrogen) atoms. The number of nitrogens with two attached hydrogens (primary N) is 1. The number of phenolic OH excluding ortho intramolecular Hbond substituents is 1. The first-order chi connectivity index (χ1) is 9.60. The number of halogens is 1. The third-order valence-electron chi connectivity index (χ3n) is 3.08. The van der Waals surface area contributed by atoms with Crippen molar-refractivity contribution in [2.45, 2.75) is 5.92 Å². The number of benzene rings is 1. The van der Waals surface area contributed by atoms with Crippen LogP contribution >= 0.6 is 27.3 Å². The van der Waals surface area contributed by atoms with Gasteiger partial charge >= 0.3 is 0 Å². The number of allylic oxidation sites excluding steroid dienone is 1. The van der Waals surface area contributed by atoms with Crippen LogP contribution < -0.4 is 10.5 Å². The first-order valence-electron chi connectivity index (χ1n) is 5.76. The molecule has 2 heterocycles. The molecule has 0 bridgehead atoms. The average molecular weight is 349 g/mol. The van der Waals surface area contributed by atoms with Gasteiger partial charge in [0, 0.05) is 16.5 Å². The van der Waals surface area contributed by atoms with Crippen LogP contribution in [0.4, 0.5) is 0 Å². The molecule has 0 fully saturated rings. The van der Waals surface area contributed by atoms with Crippen molar-refractivity contribution in [2.24, 2.45) is 5.73 Å². The summed E-state index contributed by atoms with van der Waals surface area (Å²) in [5.41, 5.74) is 7.04. The molecule has 0 spiro atoms. The van der Waals surface area contributed by atoms with E-state index < -0.39 is 0 Å². The number of nitriles is 1. The van der Waals surface area contributed by atoms with E-state index in [4.69, 9.17) is 10.5 Å². The van der Waals surface area contributed by atoms with Crippen LogP contribution in [0.15, 0.2) is 45.6 Å². The van der Waals surface area contributed by atoms with E-state index in [1.807, 2.05) is 12.1 Å². The molecule has 3 rings (SSSR count). The van der Waals surface area contributed by atoms with E-state index in [0.29, 0.717) is 11.3 Å². The van der Waals surface area contributed by atoms with E-state index in [1.54, 1.807) is 23.5 Å². The number of hydrogen-bond donors (Lipinski definition) is 2. The lowest BCUT2D eigenvalue weighted by atomic mass is 9.88. The number of fused-ring (bicyclic) bond motifs is 1. The van der Waals surface area contributed by atoms with E-state index in [2.05, 4.69) is 22.0 Å². The number of ether oxygens (including phenoxy) is 1. The van der Waals surface area contributed by atoms with Gasteiger partial charge in [0.2, 0.25) is 5.88 Å². The summed E-state index contributed by atoms with van der Waals surface area (Å²) in [4.78, 5) is 0.992. The van der Waals surface area contributed by atoms with Gasteiger partial charge in [-0.25, -0.2) is 0 Å². The van der Waals surface area contributed by atoms with E-state index in [-0.39, 0.29) is 17.6 Å². The van der Waals surface area contributed by atoms with E-state index in [1.165, 1.54) is 6.07 Å². The summed E-state index contributed by atoms with van der Waals surface area (Å²) in [5, 5.41) is 18.9. The number of hydrogen-bond acceptors (Lipinski definition) is 5. The second-order valence-corrected chi connectivity index (χ2v) is 6.78. The highest BCUT2D eigenvalue weighted by Crippen LogP contribution is 2.45. The lowest BCUT2D eigenvalue weighted by Crippen LogP contribution is -2.20.